The number of carboxylic acids is 1. The molecule has 0 bridgehead atoms. The highest BCUT2D eigenvalue weighted by Gasteiger charge is 2.30. The monoisotopic (exact) mass is 405 g/mol. The fourth-order valence-corrected chi connectivity index (χ4v) is 2.77. The zero-order valence-corrected chi connectivity index (χ0v) is 14.7. The first kappa shape index (κ1) is 20.1. The molecule has 0 atom stereocenters. The number of hydrogen-bond donors (Lipinski definition) is 2. The minimum absolute atomic E-state index is 0.114. The molecule has 0 saturated carbocycles. The number of carboxylic acid groups (broad SMARTS) is 1. The van der Waals surface area contributed by atoms with E-state index in [0.717, 1.165) is 28.9 Å². The predicted molar refractivity (Wildman–Crippen MR) is 97.4 cm³/mol. The van der Waals surface area contributed by atoms with E-state index in [1.54, 1.807) is 18.2 Å². The van der Waals surface area contributed by atoms with E-state index in [1.165, 1.54) is 6.07 Å². The second-order valence-electron chi connectivity index (χ2n) is 6.15. The Morgan fingerprint density at radius 2 is 1.66 bits per heavy atom. The smallest absolute Gasteiger partial charge is 0.416 e. The van der Waals surface area contributed by atoms with Crippen LogP contribution in [-0.4, -0.2) is 26.8 Å². The molecule has 0 unspecified atom stereocenters. The van der Waals surface area contributed by atoms with Crippen LogP contribution in [-0.2, 0) is 28.7 Å². The number of aromatic nitrogens is 2. The maximum absolute atomic E-state index is 12.6. The molecule has 29 heavy (non-hydrogen) atoms. The van der Waals surface area contributed by atoms with E-state index in [4.69, 9.17) is 5.11 Å². The summed E-state index contributed by atoms with van der Waals surface area (Å²) in [5, 5.41) is 16.0. The van der Waals surface area contributed by atoms with Crippen LogP contribution in [0.2, 0.25) is 0 Å². The highest BCUT2D eigenvalue weighted by molar-refractivity contribution is 5.91. The number of alkyl halides is 3. The molecule has 0 saturated heterocycles. The molecule has 2 aromatic carbocycles. The number of hydrogen-bond acceptors (Lipinski definition) is 4. The van der Waals surface area contributed by atoms with E-state index in [9.17, 15) is 27.6 Å². The quantitative estimate of drug-likeness (QED) is 0.680. The lowest BCUT2D eigenvalue weighted by Gasteiger charge is -2.11. The van der Waals surface area contributed by atoms with Crippen LogP contribution in [0.3, 0.4) is 0 Å². The summed E-state index contributed by atoms with van der Waals surface area (Å²) >= 11 is 0. The van der Waals surface area contributed by atoms with Crippen LogP contribution in [0.4, 0.5) is 18.9 Å². The third-order valence-electron chi connectivity index (χ3n) is 4.05. The molecular weight excluding hydrogens is 391 g/mol. The van der Waals surface area contributed by atoms with Gasteiger partial charge in [0.15, 0.2) is 0 Å². The molecule has 1 aromatic heterocycles. The van der Waals surface area contributed by atoms with Crippen molar-refractivity contribution in [2.24, 2.45) is 0 Å². The summed E-state index contributed by atoms with van der Waals surface area (Å²) in [7, 11) is 0. The van der Waals surface area contributed by atoms with Crippen molar-refractivity contribution in [3.05, 3.63) is 70.1 Å². The van der Waals surface area contributed by atoms with Crippen molar-refractivity contribution in [1.29, 1.82) is 0 Å². The van der Waals surface area contributed by atoms with E-state index in [2.05, 4.69) is 10.4 Å². The second-order valence-corrected chi connectivity index (χ2v) is 6.15. The zero-order valence-electron chi connectivity index (χ0n) is 14.7. The molecule has 150 valence electrons. The first-order valence-electron chi connectivity index (χ1n) is 8.33. The van der Waals surface area contributed by atoms with Crippen molar-refractivity contribution in [2.75, 3.05) is 5.32 Å². The Hall–Kier alpha value is -3.69. The lowest BCUT2D eigenvalue weighted by Crippen LogP contribution is -2.31. The number of aliphatic carboxylic acids is 1. The Bertz CT molecular complexity index is 1140. The van der Waals surface area contributed by atoms with Gasteiger partial charge in [-0.1, -0.05) is 18.2 Å². The lowest BCUT2D eigenvalue weighted by atomic mass is 10.1. The minimum atomic E-state index is -4.49. The van der Waals surface area contributed by atoms with Gasteiger partial charge in [0, 0.05) is 11.1 Å². The van der Waals surface area contributed by atoms with Crippen molar-refractivity contribution in [3.63, 3.8) is 0 Å². The third kappa shape index (κ3) is 4.60. The van der Waals surface area contributed by atoms with Crippen LogP contribution < -0.4 is 10.9 Å². The number of nitrogens with zero attached hydrogens (tertiary/aromatic N) is 2. The lowest BCUT2D eigenvalue weighted by molar-refractivity contribution is -0.138. The molecule has 0 fully saturated rings. The number of fused-ring (bicyclic) bond motifs is 1. The van der Waals surface area contributed by atoms with Crippen molar-refractivity contribution < 1.29 is 27.9 Å². The summed E-state index contributed by atoms with van der Waals surface area (Å²) in [5.74, 6) is -1.85. The molecule has 0 radical (unpaired) electrons. The Morgan fingerprint density at radius 1 is 1.03 bits per heavy atom. The SMILES string of the molecule is O=C(O)Cc1nn(CC(=O)Nc2ccc(C(F)(F)F)cc2)c(=O)c2ccccc12. The van der Waals surface area contributed by atoms with Crippen LogP contribution in [0, 0.1) is 0 Å². The Kier molecular flexibility index (Phi) is 5.35. The van der Waals surface area contributed by atoms with Gasteiger partial charge < -0.3 is 10.4 Å². The first-order chi connectivity index (χ1) is 13.6. The summed E-state index contributed by atoms with van der Waals surface area (Å²) in [6.45, 7) is -0.530. The van der Waals surface area contributed by atoms with Gasteiger partial charge in [0.25, 0.3) is 5.56 Å². The van der Waals surface area contributed by atoms with Gasteiger partial charge in [-0.15, -0.1) is 0 Å². The number of anilines is 1. The average molecular weight is 405 g/mol. The number of carbonyl (C=O) groups is 2. The second kappa shape index (κ2) is 7.74. The molecule has 1 amide bonds. The van der Waals surface area contributed by atoms with Gasteiger partial charge in [-0.05, 0) is 30.3 Å². The number of nitrogens with one attached hydrogen (secondary N) is 1. The molecule has 2 N–H and O–H groups in total. The van der Waals surface area contributed by atoms with Gasteiger partial charge in [-0.25, -0.2) is 4.68 Å². The predicted octanol–water partition coefficient (Wildman–Crippen LogP) is 2.68. The molecule has 1 heterocycles. The van der Waals surface area contributed by atoms with Crippen LogP contribution in [0.25, 0.3) is 10.8 Å². The van der Waals surface area contributed by atoms with Gasteiger partial charge in [0.1, 0.15) is 6.54 Å². The molecule has 0 spiro atoms. The molecule has 7 nitrogen and oxygen atoms in total. The Balaban J connectivity index is 1.85. The van der Waals surface area contributed by atoms with E-state index < -0.39 is 42.1 Å². The molecule has 10 heteroatoms. The average Bonchev–Trinajstić information content (AvgIpc) is 2.65. The van der Waals surface area contributed by atoms with Gasteiger partial charge in [0.2, 0.25) is 5.91 Å². The zero-order chi connectivity index (χ0) is 21.2. The number of carbonyl (C=O) groups excluding carboxylic acids is 1. The first-order valence-corrected chi connectivity index (χ1v) is 8.33. The van der Waals surface area contributed by atoms with E-state index in [0.29, 0.717) is 5.39 Å². The molecule has 3 aromatic rings. The Labute approximate surface area is 161 Å². The minimum Gasteiger partial charge on any atom is -0.481 e. The van der Waals surface area contributed by atoms with Gasteiger partial charge >= 0.3 is 12.1 Å². The summed E-state index contributed by atoms with van der Waals surface area (Å²) < 4.78 is 38.6. The largest absolute Gasteiger partial charge is 0.481 e. The van der Waals surface area contributed by atoms with Crippen molar-refractivity contribution in [1.82, 2.24) is 9.78 Å². The summed E-state index contributed by atoms with van der Waals surface area (Å²) in [5.41, 5.74) is -1.21. The van der Waals surface area contributed by atoms with E-state index in [1.807, 2.05) is 0 Å². The van der Waals surface area contributed by atoms with E-state index >= 15 is 0 Å². The van der Waals surface area contributed by atoms with Crippen LogP contribution in [0.5, 0.6) is 0 Å². The Morgan fingerprint density at radius 3 is 2.24 bits per heavy atom. The maximum atomic E-state index is 12.6. The van der Waals surface area contributed by atoms with Crippen molar-refractivity contribution in [3.8, 4) is 0 Å². The standard InChI is InChI=1S/C19H14F3N3O4/c20-19(21,22)11-5-7-12(8-6-11)23-16(26)10-25-18(29)14-4-2-1-3-13(14)15(24-25)9-17(27)28/h1-8H,9-10H2,(H,23,26)(H,27,28). The molecular formula is C19H14F3N3O4. The third-order valence-corrected chi connectivity index (χ3v) is 4.05. The fraction of sp³-hybridized carbons (Fsp3) is 0.158. The van der Waals surface area contributed by atoms with E-state index in [-0.39, 0.29) is 16.8 Å². The van der Waals surface area contributed by atoms with Crippen molar-refractivity contribution in [2.45, 2.75) is 19.1 Å². The summed E-state index contributed by atoms with van der Waals surface area (Å²) in [4.78, 5) is 35.9. The van der Waals surface area contributed by atoms with Crippen molar-refractivity contribution >= 4 is 28.3 Å². The van der Waals surface area contributed by atoms with Gasteiger partial charge in [-0.3, -0.25) is 14.4 Å². The topological polar surface area (TPSA) is 101 Å². The highest BCUT2D eigenvalue weighted by Crippen LogP contribution is 2.29. The summed E-state index contributed by atoms with van der Waals surface area (Å²) in [6.07, 6.45) is -4.94. The number of amides is 1. The van der Waals surface area contributed by atoms with Crippen LogP contribution in [0.15, 0.2) is 53.3 Å². The van der Waals surface area contributed by atoms with Crippen LogP contribution in [0.1, 0.15) is 11.3 Å². The van der Waals surface area contributed by atoms with Crippen LogP contribution >= 0.6 is 0 Å². The molecule has 0 aliphatic carbocycles. The van der Waals surface area contributed by atoms with Gasteiger partial charge in [-0.2, -0.15) is 18.3 Å². The summed E-state index contributed by atoms with van der Waals surface area (Å²) in [6, 6.07) is 10.1. The maximum Gasteiger partial charge on any atom is 0.416 e. The number of rotatable bonds is 5. The molecule has 0 aliphatic rings. The fourth-order valence-electron chi connectivity index (χ4n) is 2.77. The number of halogens is 3. The number of benzene rings is 2. The molecule has 3 rings (SSSR count). The molecule has 0 aliphatic heterocycles. The highest BCUT2D eigenvalue weighted by atomic mass is 19.4. The normalized spacial score (nSPS) is 11.4. The van der Waals surface area contributed by atoms with Gasteiger partial charge in [0.05, 0.1) is 23.1 Å².